The molecule has 3 aromatic rings. The third-order valence-electron chi connectivity index (χ3n) is 3.34. The minimum absolute atomic E-state index is 0.151. The SMILES string of the molecule is O=C(Nc1ccc(F)cc1F)Oc1ccc(-c2ccccc2)cc1. The molecular formula is C19H13F2NO2. The first-order chi connectivity index (χ1) is 11.6. The van der Waals surface area contributed by atoms with Crippen molar-refractivity contribution in [1.82, 2.24) is 0 Å². The van der Waals surface area contributed by atoms with Crippen LogP contribution in [0.25, 0.3) is 11.1 Å². The fourth-order valence-electron chi connectivity index (χ4n) is 2.18. The molecule has 0 aliphatic rings. The Morgan fingerprint density at radius 1 is 0.833 bits per heavy atom. The van der Waals surface area contributed by atoms with Crippen molar-refractivity contribution in [3.05, 3.63) is 84.4 Å². The molecule has 0 spiro atoms. The summed E-state index contributed by atoms with van der Waals surface area (Å²) in [5, 5.41) is 2.23. The van der Waals surface area contributed by atoms with Gasteiger partial charge in [0, 0.05) is 6.07 Å². The molecule has 0 fully saturated rings. The fraction of sp³-hybridized carbons (Fsp3) is 0. The summed E-state index contributed by atoms with van der Waals surface area (Å²) in [6.07, 6.45) is -0.854. The van der Waals surface area contributed by atoms with Gasteiger partial charge in [0.25, 0.3) is 0 Å². The lowest BCUT2D eigenvalue weighted by Crippen LogP contribution is -2.17. The van der Waals surface area contributed by atoms with Gasteiger partial charge in [0.2, 0.25) is 0 Å². The van der Waals surface area contributed by atoms with Crippen LogP contribution in [-0.2, 0) is 0 Å². The molecule has 0 atom stereocenters. The van der Waals surface area contributed by atoms with Gasteiger partial charge in [-0.3, -0.25) is 5.32 Å². The molecule has 0 unspecified atom stereocenters. The molecule has 120 valence electrons. The molecule has 0 bridgehead atoms. The zero-order chi connectivity index (χ0) is 16.9. The molecule has 0 radical (unpaired) electrons. The third kappa shape index (κ3) is 3.76. The van der Waals surface area contributed by atoms with Crippen LogP contribution in [0.1, 0.15) is 0 Å². The summed E-state index contributed by atoms with van der Waals surface area (Å²) in [5.41, 5.74) is 1.87. The van der Waals surface area contributed by atoms with Crippen LogP contribution in [0.15, 0.2) is 72.8 Å². The Balaban J connectivity index is 1.66. The molecule has 3 aromatic carbocycles. The molecule has 1 amide bonds. The number of carbonyl (C=O) groups excluding carboxylic acids is 1. The lowest BCUT2D eigenvalue weighted by atomic mass is 10.1. The van der Waals surface area contributed by atoms with Crippen molar-refractivity contribution < 1.29 is 18.3 Å². The van der Waals surface area contributed by atoms with Gasteiger partial charge in [-0.15, -0.1) is 0 Å². The van der Waals surface area contributed by atoms with Gasteiger partial charge in [0.05, 0.1) is 5.69 Å². The summed E-state index contributed by atoms with van der Waals surface area (Å²) < 4.78 is 31.4. The van der Waals surface area contributed by atoms with Gasteiger partial charge >= 0.3 is 6.09 Å². The van der Waals surface area contributed by atoms with Crippen LogP contribution in [0.5, 0.6) is 5.75 Å². The predicted molar refractivity (Wildman–Crippen MR) is 87.9 cm³/mol. The Morgan fingerprint density at radius 3 is 2.17 bits per heavy atom. The Bertz CT molecular complexity index is 849. The first-order valence-corrected chi connectivity index (χ1v) is 7.21. The first kappa shape index (κ1) is 15.7. The lowest BCUT2D eigenvalue weighted by molar-refractivity contribution is 0.215. The van der Waals surface area contributed by atoms with E-state index < -0.39 is 17.7 Å². The summed E-state index contributed by atoms with van der Waals surface area (Å²) >= 11 is 0. The van der Waals surface area contributed by atoms with Crippen molar-refractivity contribution in [2.24, 2.45) is 0 Å². The van der Waals surface area contributed by atoms with E-state index in [0.29, 0.717) is 11.8 Å². The van der Waals surface area contributed by atoms with Crippen LogP contribution in [0.4, 0.5) is 19.3 Å². The van der Waals surface area contributed by atoms with E-state index in [9.17, 15) is 13.6 Å². The monoisotopic (exact) mass is 325 g/mol. The van der Waals surface area contributed by atoms with Gasteiger partial charge in [0.15, 0.2) is 0 Å². The van der Waals surface area contributed by atoms with E-state index in [0.717, 1.165) is 23.3 Å². The van der Waals surface area contributed by atoms with Crippen LogP contribution >= 0.6 is 0 Å². The van der Waals surface area contributed by atoms with Crippen molar-refractivity contribution in [2.45, 2.75) is 0 Å². The molecule has 5 heteroatoms. The molecule has 24 heavy (non-hydrogen) atoms. The number of hydrogen-bond donors (Lipinski definition) is 1. The van der Waals surface area contributed by atoms with Gasteiger partial charge in [-0.25, -0.2) is 13.6 Å². The van der Waals surface area contributed by atoms with Crippen molar-refractivity contribution in [2.75, 3.05) is 5.32 Å². The fourth-order valence-corrected chi connectivity index (χ4v) is 2.18. The molecule has 0 aromatic heterocycles. The van der Waals surface area contributed by atoms with Gasteiger partial charge < -0.3 is 4.74 Å². The maximum atomic E-state index is 13.5. The van der Waals surface area contributed by atoms with Crippen LogP contribution in [0, 0.1) is 11.6 Å². The smallest absolute Gasteiger partial charge is 0.410 e. The summed E-state index contributed by atoms with van der Waals surface area (Å²) in [4.78, 5) is 11.8. The molecule has 0 saturated heterocycles. The average molecular weight is 325 g/mol. The largest absolute Gasteiger partial charge is 0.417 e. The highest BCUT2D eigenvalue weighted by Crippen LogP contribution is 2.22. The molecule has 0 heterocycles. The van der Waals surface area contributed by atoms with Crippen molar-refractivity contribution in [3.8, 4) is 16.9 Å². The number of ether oxygens (including phenoxy) is 1. The Kier molecular flexibility index (Phi) is 4.52. The Hall–Kier alpha value is -3.21. The molecule has 0 aliphatic heterocycles. The highest BCUT2D eigenvalue weighted by Gasteiger charge is 2.10. The Labute approximate surface area is 137 Å². The summed E-state index contributed by atoms with van der Waals surface area (Å²) in [5.74, 6) is -1.27. The van der Waals surface area contributed by atoms with Crippen molar-refractivity contribution in [3.63, 3.8) is 0 Å². The number of halogens is 2. The van der Waals surface area contributed by atoms with Gasteiger partial charge in [-0.1, -0.05) is 42.5 Å². The minimum atomic E-state index is -0.869. The molecule has 3 nitrogen and oxygen atoms in total. The number of nitrogens with one attached hydrogen (secondary N) is 1. The number of hydrogen-bond acceptors (Lipinski definition) is 2. The second-order valence-corrected chi connectivity index (χ2v) is 5.03. The standard InChI is InChI=1S/C19H13F2NO2/c20-15-8-11-18(17(21)12-15)22-19(23)24-16-9-6-14(7-10-16)13-4-2-1-3-5-13/h1-12H,(H,22,23). The average Bonchev–Trinajstić information content (AvgIpc) is 2.59. The third-order valence-corrected chi connectivity index (χ3v) is 3.34. The Morgan fingerprint density at radius 2 is 1.50 bits per heavy atom. The number of carbonyl (C=O) groups is 1. The quantitative estimate of drug-likeness (QED) is 0.715. The summed E-state index contributed by atoms with van der Waals surface area (Å²) in [6, 6.07) is 19.5. The van der Waals surface area contributed by atoms with E-state index >= 15 is 0 Å². The summed E-state index contributed by atoms with van der Waals surface area (Å²) in [6.45, 7) is 0. The van der Waals surface area contributed by atoms with Crippen molar-refractivity contribution in [1.29, 1.82) is 0 Å². The van der Waals surface area contributed by atoms with E-state index in [-0.39, 0.29) is 5.69 Å². The maximum Gasteiger partial charge on any atom is 0.417 e. The number of anilines is 1. The zero-order valence-corrected chi connectivity index (χ0v) is 12.5. The summed E-state index contributed by atoms with van der Waals surface area (Å²) in [7, 11) is 0. The zero-order valence-electron chi connectivity index (χ0n) is 12.5. The second kappa shape index (κ2) is 6.91. The minimum Gasteiger partial charge on any atom is -0.410 e. The van der Waals surface area contributed by atoms with E-state index in [4.69, 9.17) is 4.74 Å². The van der Waals surface area contributed by atoms with Crippen LogP contribution in [-0.4, -0.2) is 6.09 Å². The highest BCUT2D eigenvalue weighted by atomic mass is 19.1. The molecule has 0 aliphatic carbocycles. The van der Waals surface area contributed by atoms with Crippen LogP contribution < -0.4 is 10.1 Å². The van der Waals surface area contributed by atoms with E-state index in [1.54, 1.807) is 12.1 Å². The van der Waals surface area contributed by atoms with E-state index in [2.05, 4.69) is 5.32 Å². The van der Waals surface area contributed by atoms with Crippen LogP contribution in [0.2, 0.25) is 0 Å². The normalized spacial score (nSPS) is 10.2. The van der Waals surface area contributed by atoms with Gasteiger partial charge in [0.1, 0.15) is 17.4 Å². The number of rotatable bonds is 3. The van der Waals surface area contributed by atoms with Gasteiger partial charge in [-0.2, -0.15) is 0 Å². The number of amides is 1. The molecule has 3 rings (SSSR count). The molecular weight excluding hydrogens is 312 g/mol. The van der Waals surface area contributed by atoms with E-state index in [1.165, 1.54) is 0 Å². The predicted octanol–water partition coefficient (Wildman–Crippen LogP) is 5.24. The van der Waals surface area contributed by atoms with Gasteiger partial charge in [-0.05, 0) is 35.4 Å². The van der Waals surface area contributed by atoms with Crippen molar-refractivity contribution >= 4 is 11.8 Å². The second-order valence-electron chi connectivity index (χ2n) is 5.03. The highest BCUT2D eigenvalue weighted by molar-refractivity contribution is 5.86. The molecule has 1 N–H and O–H groups in total. The topological polar surface area (TPSA) is 38.3 Å². The maximum absolute atomic E-state index is 13.5. The molecule has 0 saturated carbocycles. The van der Waals surface area contributed by atoms with E-state index in [1.807, 2.05) is 42.5 Å². The first-order valence-electron chi connectivity index (χ1n) is 7.21. The lowest BCUT2D eigenvalue weighted by Gasteiger charge is -2.08. The number of benzene rings is 3. The van der Waals surface area contributed by atoms with Crippen LogP contribution in [0.3, 0.4) is 0 Å².